The number of hydrogen-bond acceptors (Lipinski definition) is 11. The Hall–Kier alpha value is -1.42. The molecule has 4 N–H and O–H groups in total. The Labute approximate surface area is 255 Å². The van der Waals surface area contributed by atoms with Crippen molar-refractivity contribution in [2.24, 2.45) is 11.8 Å². The first-order chi connectivity index (χ1) is 20.0. The quantitative estimate of drug-likeness (QED) is 0.333. The molecule has 0 aromatic heterocycles. The van der Waals surface area contributed by atoms with Crippen LogP contribution in [0.4, 0.5) is 0 Å². The summed E-state index contributed by atoms with van der Waals surface area (Å²) >= 11 is 0. The van der Waals surface area contributed by atoms with Gasteiger partial charge in [-0.3, -0.25) is 9.59 Å². The minimum absolute atomic E-state index is 0.113. The standard InChI is InChI=1S/C30H53N3O10/c1-16-13-20(32(6)7)30(38)27(40-16)43-25-17(2)23(42-22-14-28(5,39-9)24(35)19(4)41-22)18(3)26(36)31-15-21(34)33(8)12-10-11-29(25,30)37/h16-20,22-25,27,35,37-38H,10-15H2,1-9H3,(H,31,36)/t16-,17+,18-,19+,20+,22+,23+,24+,25-,27+,28-,29-,30-/m1/s1. The molecule has 4 fully saturated rings. The summed E-state index contributed by atoms with van der Waals surface area (Å²) in [4.78, 5) is 29.7. The monoisotopic (exact) mass is 615 g/mol. The number of ether oxygens (including phenoxy) is 5. The zero-order valence-corrected chi connectivity index (χ0v) is 27.1. The summed E-state index contributed by atoms with van der Waals surface area (Å²) in [5.74, 6) is -2.16. The van der Waals surface area contributed by atoms with E-state index in [1.807, 2.05) is 32.8 Å². The molecule has 0 aromatic carbocycles. The van der Waals surface area contributed by atoms with Crippen LogP contribution in [0.3, 0.4) is 0 Å². The Bertz CT molecular complexity index is 1020. The molecular formula is C30H53N3O10. The molecule has 13 heteroatoms. The van der Waals surface area contributed by atoms with E-state index in [1.54, 1.807) is 27.8 Å². The van der Waals surface area contributed by atoms with Crippen molar-refractivity contribution in [2.75, 3.05) is 41.3 Å². The summed E-state index contributed by atoms with van der Waals surface area (Å²) in [6, 6.07) is -0.495. The number of aliphatic hydroxyl groups is 3. The lowest BCUT2D eigenvalue weighted by molar-refractivity contribution is -0.299. The average Bonchev–Trinajstić information content (AvgIpc) is 3.17. The lowest BCUT2D eigenvalue weighted by Gasteiger charge is -2.52. The predicted molar refractivity (Wildman–Crippen MR) is 155 cm³/mol. The van der Waals surface area contributed by atoms with E-state index in [4.69, 9.17) is 23.7 Å². The van der Waals surface area contributed by atoms with E-state index in [2.05, 4.69) is 5.32 Å². The first-order valence-corrected chi connectivity index (χ1v) is 15.5. The van der Waals surface area contributed by atoms with Crippen LogP contribution in [0.25, 0.3) is 0 Å². The van der Waals surface area contributed by atoms with Gasteiger partial charge in [-0.15, -0.1) is 0 Å². The van der Waals surface area contributed by atoms with Gasteiger partial charge >= 0.3 is 0 Å². The number of likely N-dealkylation sites (N-methyl/N-ethyl adjacent to an activating group) is 2. The maximum Gasteiger partial charge on any atom is 0.241 e. The largest absolute Gasteiger partial charge is 0.387 e. The molecule has 4 aliphatic heterocycles. The zero-order chi connectivity index (χ0) is 32.1. The van der Waals surface area contributed by atoms with E-state index in [-0.39, 0.29) is 31.4 Å². The fraction of sp³-hybridized carbons (Fsp3) is 0.933. The van der Waals surface area contributed by atoms with Gasteiger partial charge in [0, 0.05) is 39.1 Å². The van der Waals surface area contributed by atoms with Crippen LogP contribution in [0.1, 0.15) is 60.3 Å². The highest BCUT2D eigenvalue weighted by molar-refractivity contribution is 5.85. The number of amides is 2. The first kappa shape index (κ1) is 34.5. The minimum atomic E-state index is -1.82. The Kier molecular flexibility index (Phi) is 10.2. The average molecular weight is 616 g/mol. The van der Waals surface area contributed by atoms with Gasteiger partial charge in [0.15, 0.2) is 18.2 Å². The lowest BCUT2D eigenvalue weighted by atomic mass is 9.67. The highest BCUT2D eigenvalue weighted by Gasteiger charge is 2.72. The van der Waals surface area contributed by atoms with E-state index in [9.17, 15) is 24.9 Å². The third-order valence-electron chi connectivity index (χ3n) is 10.4. The molecule has 0 saturated carbocycles. The fourth-order valence-corrected chi connectivity index (χ4v) is 7.59. The van der Waals surface area contributed by atoms with Gasteiger partial charge in [-0.05, 0) is 54.1 Å². The van der Waals surface area contributed by atoms with Crippen molar-refractivity contribution in [3.05, 3.63) is 0 Å². The molecule has 13 atom stereocenters. The van der Waals surface area contributed by atoms with Crippen LogP contribution < -0.4 is 5.32 Å². The van der Waals surface area contributed by atoms with Crippen molar-refractivity contribution in [1.29, 1.82) is 0 Å². The van der Waals surface area contributed by atoms with Crippen molar-refractivity contribution < 1.29 is 48.6 Å². The molecular weight excluding hydrogens is 562 g/mol. The van der Waals surface area contributed by atoms with Crippen molar-refractivity contribution in [3.63, 3.8) is 0 Å². The van der Waals surface area contributed by atoms with Gasteiger partial charge in [-0.2, -0.15) is 0 Å². The molecule has 4 rings (SSSR count). The number of hydrogen-bond donors (Lipinski definition) is 4. The summed E-state index contributed by atoms with van der Waals surface area (Å²) in [5.41, 5.74) is -4.59. The van der Waals surface area contributed by atoms with E-state index < -0.39 is 77.6 Å². The van der Waals surface area contributed by atoms with Gasteiger partial charge in [0.2, 0.25) is 11.8 Å². The van der Waals surface area contributed by atoms with Crippen LogP contribution in [0.15, 0.2) is 0 Å². The Balaban J connectivity index is 1.77. The van der Waals surface area contributed by atoms with Gasteiger partial charge in [0.1, 0.15) is 11.7 Å². The molecule has 0 aliphatic carbocycles. The molecule has 43 heavy (non-hydrogen) atoms. The Morgan fingerprint density at radius 3 is 2.40 bits per heavy atom. The molecule has 0 aromatic rings. The van der Waals surface area contributed by atoms with Gasteiger partial charge in [0.25, 0.3) is 0 Å². The summed E-state index contributed by atoms with van der Waals surface area (Å²) in [7, 11) is 6.87. The number of fused-ring (bicyclic) bond motifs is 3. The summed E-state index contributed by atoms with van der Waals surface area (Å²) in [5, 5.41) is 38.7. The highest BCUT2D eigenvalue weighted by atomic mass is 16.7. The molecule has 0 bridgehead atoms. The van der Waals surface area contributed by atoms with Crippen molar-refractivity contribution in [3.8, 4) is 0 Å². The van der Waals surface area contributed by atoms with Crippen molar-refractivity contribution in [2.45, 2.75) is 126 Å². The number of carbonyl (C=O) groups excluding carboxylic acids is 2. The summed E-state index contributed by atoms with van der Waals surface area (Å²) in [6.07, 6.45) is -4.51. The van der Waals surface area contributed by atoms with E-state index >= 15 is 0 Å². The summed E-state index contributed by atoms with van der Waals surface area (Å²) in [6.45, 7) is 9.05. The zero-order valence-electron chi connectivity index (χ0n) is 27.1. The molecule has 0 radical (unpaired) electrons. The number of methoxy groups -OCH3 is 1. The van der Waals surface area contributed by atoms with Gasteiger partial charge in [0.05, 0.1) is 42.5 Å². The van der Waals surface area contributed by atoms with Gasteiger partial charge in [-0.25, -0.2) is 0 Å². The molecule has 4 saturated heterocycles. The van der Waals surface area contributed by atoms with Crippen molar-refractivity contribution in [1.82, 2.24) is 15.1 Å². The summed E-state index contributed by atoms with van der Waals surface area (Å²) < 4.78 is 30.9. The molecule has 248 valence electrons. The molecule has 4 heterocycles. The van der Waals surface area contributed by atoms with E-state index in [0.29, 0.717) is 19.4 Å². The minimum Gasteiger partial charge on any atom is -0.387 e. The normalized spacial score (nSPS) is 48.5. The van der Waals surface area contributed by atoms with Crippen LogP contribution in [-0.2, 0) is 33.3 Å². The SMILES string of the molecule is CO[C@]1(C)C[C@H](O[C@H]2[C@H](C)[C@H]3O[C@@H]4O[C@H](C)C[C@H](N(C)C)[C@]4(O)[C@@]3(O)CCCN(C)C(=O)CNC(=O)[C@@H]2C)O[C@@H](C)[C@@H]1O. The van der Waals surface area contributed by atoms with E-state index in [1.165, 1.54) is 12.0 Å². The second-order valence-corrected chi connectivity index (χ2v) is 13.6. The van der Waals surface area contributed by atoms with Crippen LogP contribution >= 0.6 is 0 Å². The lowest BCUT2D eigenvalue weighted by Crippen LogP contribution is -2.72. The molecule has 0 unspecified atom stereocenters. The maximum atomic E-state index is 13.5. The number of rotatable bonds is 4. The van der Waals surface area contributed by atoms with E-state index in [0.717, 1.165) is 0 Å². The van der Waals surface area contributed by atoms with Gasteiger partial charge < -0.3 is 54.1 Å². The number of nitrogens with zero attached hydrogens (tertiary/aromatic N) is 2. The third kappa shape index (κ3) is 6.09. The molecule has 0 spiro atoms. The van der Waals surface area contributed by atoms with Crippen LogP contribution in [0.2, 0.25) is 0 Å². The van der Waals surface area contributed by atoms with Crippen LogP contribution in [0, 0.1) is 11.8 Å². The maximum absolute atomic E-state index is 13.5. The number of carbonyl (C=O) groups is 2. The number of nitrogens with one attached hydrogen (secondary N) is 1. The first-order valence-electron chi connectivity index (χ1n) is 15.5. The second kappa shape index (κ2) is 12.8. The van der Waals surface area contributed by atoms with Gasteiger partial charge in [-0.1, -0.05) is 13.8 Å². The molecule has 4 aliphatic rings. The Morgan fingerprint density at radius 2 is 1.77 bits per heavy atom. The molecule has 13 nitrogen and oxygen atoms in total. The van der Waals surface area contributed by atoms with Crippen LogP contribution in [0.5, 0.6) is 0 Å². The smallest absolute Gasteiger partial charge is 0.241 e. The second-order valence-electron chi connectivity index (χ2n) is 13.6. The van der Waals surface area contributed by atoms with Crippen LogP contribution in [-0.4, -0.2) is 144 Å². The topological polar surface area (TPSA) is 159 Å². The predicted octanol–water partition coefficient (Wildman–Crippen LogP) is -0.161. The fourth-order valence-electron chi connectivity index (χ4n) is 7.59. The highest BCUT2D eigenvalue weighted by Crippen LogP contribution is 2.53. The van der Waals surface area contributed by atoms with Crippen molar-refractivity contribution >= 4 is 11.8 Å². The Morgan fingerprint density at radius 1 is 1.09 bits per heavy atom. The third-order valence-corrected chi connectivity index (χ3v) is 10.4. The molecule has 2 amide bonds. The number of aliphatic hydroxyl groups excluding tert-OH is 1.